The summed E-state index contributed by atoms with van der Waals surface area (Å²) in [5.74, 6) is 0.931. The van der Waals surface area contributed by atoms with Crippen LogP contribution in [0.3, 0.4) is 0 Å². The summed E-state index contributed by atoms with van der Waals surface area (Å²) in [7, 11) is -1.69. The number of nitrogens with zero attached hydrogens (tertiary/aromatic N) is 4. The molecule has 0 bridgehead atoms. The Morgan fingerprint density at radius 1 is 1.13 bits per heavy atom. The van der Waals surface area contributed by atoms with Gasteiger partial charge in [-0.1, -0.05) is 63.4 Å². The van der Waals surface area contributed by atoms with Crippen molar-refractivity contribution in [3.05, 3.63) is 47.5 Å². The van der Waals surface area contributed by atoms with E-state index in [-0.39, 0.29) is 24.4 Å². The molecular formula is C27H45N7O3S. The molecule has 3 rings (SSSR count). The van der Waals surface area contributed by atoms with E-state index in [0.29, 0.717) is 30.9 Å². The lowest BCUT2D eigenvalue weighted by Crippen LogP contribution is -2.44. The van der Waals surface area contributed by atoms with Crippen LogP contribution in [0.1, 0.15) is 82.0 Å². The molecule has 1 aliphatic carbocycles. The molecule has 1 aliphatic rings. The van der Waals surface area contributed by atoms with E-state index in [0.717, 1.165) is 50.9 Å². The Morgan fingerprint density at radius 2 is 1.84 bits per heavy atom. The molecule has 0 spiro atoms. The van der Waals surface area contributed by atoms with Crippen LogP contribution in [0.25, 0.3) is 0 Å². The second-order valence-corrected chi connectivity index (χ2v) is 12.0. The van der Waals surface area contributed by atoms with Crippen LogP contribution in [0.15, 0.2) is 30.3 Å². The Labute approximate surface area is 228 Å². The van der Waals surface area contributed by atoms with Crippen molar-refractivity contribution in [3.8, 4) is 0 Å². The monoisotopic (exact) mass is 547 g/mol. The minimum Gasteiger partial charge on any atom is -0.331 e. The smallest absolute Gasteiger partial charge is 0.317 e. The molecule has 1 atom stereocenters. The number of carbonyl (C=O) groups is 1. The first-order valence-corrected chi connectivity index (χ1v) is 15.6. The number of hydrogen-bond donors (Lipinski definition) is 3. The molecule has 1 saturated carbocycles. The molecule has 0 unspecified atom stereocenters. The van der Waals surface area contributed by atoms with Crippen molar-refractivity contribution >= 4 is 16.1 Å². The molecule has 2 aromatic rings. The molecule has 1 heterocycles. The summed E-state index contributed by atoms with van der Waals surface area (Å²) in [6.07, 6.45) is 7.38. The predicted molar refractivity (Wildman–Crippen MR) is 150 cm³/mol. The van der Waals surface area contributed by atoms with Gasteiger partial charge in [0.25, 0.3) is 0 Å². The third kappa shape index (κ3) is 9.67. The number of aryl methyl sites for hydroxylation is 1. The van der Waals surface area contributed by atoms with Crippen molar-refractivity contribution in [1.82, 2.24) is 35.0 Å². The number of carbonyl (C=O) groups excluding carboxylic acids is 1. The maximum Gasteiger partial charge on any atom is 0.317 e. The van der Waals surface area contributed by atoms with E-state index in [9.17, 15) is 13.2 Å². The molecule has 0 saturated heterocycles. The van der Waals surface area contributed by atoms with Gasteiger partial charge in [-0.05, 0) is 57.3 Å². The van der Waals surface area contributed by atoms with Gasteiger partial charge in [0.1, 0.15) is 5.82 Å². The Morgan fingerprint density at radius 3 is 2.53 bits per heavy atom. The molecule has 1 aromatic carbocycles. The van der Waals surface area contributed by atoms with Gasteiger partial charge in [-0.3, -0.25) is 5.10 Å². The van der Waals surface area contributed by atoms with Crippen molar-refractivity contribution in [2.75, 3.05) is 32.4 Å². The number of benzene rings is 1. The van der Waals surface area contributed by atoms with Crippen molar-refractivity contribution in [2.45, 2.75) is 83.8 Å². The van der Waals surface area contributed by atoms with Crippen LogP contribution in [0.2, 0.25) is 0 Å². The molecule has 2 amide bonds. The van der Waals surface area contributed by atoms with Gasteiger partial charge < -0.3 is 15.1 Å². The highest BCUT2D eigenvalue weighted by Gasteiger charge is 2.25. The van der Waals surface area contributed by atoms with Crippen LogP contribution in [0.4, 0.5) is 4.79 Å². The summed E-state index contributed by atoms with van der Waals surface area (Å²) >= 11 is 0. The minimum absolute atomic E-state index is 0.0478. The topological polar surface area (TPSA) is 123 Å². The van der Waals surface area contributed by atoms with Crippen molar-refractivity contribution in [2.24, 2.45) is 0 Å². The van der Waals surface area contributed by atoms with E-state index >= 15 is 0 Å². The van der Waals surface area contributed by atoms with Crippen LogP contribution in [-0.2, 0) is 23.0 Å². The highest BCUT2D eigenvalue weighted by atomic mass is 32.2. The summed E-state index contributed by atoms with van der Waals surface area (Å²) in [6, 6.07) is 9.52. The highest BCUT2D eigenvalue weighted by molar-refractivity contribution is 7.89. The van der Waals surface area contributed by atoms with E-state index in [1.165, 1.54) is 6.42 Å². The van der Waals surface area contributed by atoms with Gasteiger partial charge >= 0.3 is 6.03 Å². The largest absolute Gasteiger partial charge is 0.331 e. The second kappa shape index (κ2) is 15.2. The third-order valence-corrected chi connectivity index (χ3v) is 8.85. The zero-order valence-electron chi connectivity index (χ0n) is 23.2. The van der Waals surface area contributed by atoms with Crippen LogP contribution in [0.5, 0.6) is 0 Å². The number of hydrogen-bond acceptors (Lipinski definition) is 6. The first-order chi connectivity index (χ1) is 18.3. The summed E-state index contributed by atoms with van der Waals surface area (Å²) < 4.78 is 28.8. The van der Waals surface area contributed by atoms with Gasteiger partial charge in [0.2, 0.25) is 10.0 Å². The number of aromatic amines is 1. The summed E-state index contributed by atoms with van der Waals surface area (Å²) in [6.45, 7) is 6.89. The number of H-pyrrole nitrogens is 1. The quantitative estimate of drug-likeness (QED) is 0.313. The summed E-state index contributed by atoms with van der Waals surface area (Å²) in [5.41, 5.74) is 1.12. The van der Waals surface area contributed by atoms with Crippen LogP contribution >= 0.6 is 0 Å². The lowest BCUT2D eigenvalue weighted by Gasteiger charge is -2.31. The molecule has 0 aliphatic heterocycles. The van der Waals surface area contributed by atoms with E-state index < -0.39 is 16.1 Å². The fourth-order valence-electron chi connectivity index (χ4n) is 4.95. The average molecular weight is 548 g/mol. The molecule has 38 heavy (non-hydrogen) atoms. The lowest BCUT2D eigenvalue weighted by atomic mass is 9.95. The Kier molecular flexibility index (Phi) is 12.0. The first-order valence-electron chi connectivity index (χ1n) is 14.0. The highest BCUT2D eigenvalue weighted by Crippen LogP contribution is 2.22. The molecule has 1 fully saturated rings. The number of rotatable bonds is 15. The molecule has 3 N–H and O–H groups in total. The van der Waals surface area contributed by atoms with Crippen molar-refractivity contribution in [3.63, 3.8) is 0 Å². The van der Waals surface area contributed by atoms with E-state index in [1.807, 2.05) is 37.4 Å². The first kappa shape index (κ1) is 30.0. The fourth-order valence-corrected chi connectivity index (χ4v) is 6.24. The average Bonchev–Trinajstić information content (AvgIpc) is 3.41. The molecule has 1 aromatic heterocycles. The summed E-state index contributed by atoms with van der Waals surface area (Å²) in [5, 5.41) is 10.1. The SMILES string of the molecule is CCN(CC)CCCS(=O)(=O)N[C@H](CCc1ccccc1)c1n[nH]c(CNC(=O)N(C)C2CCCCC2)n1. The lowest BCUT2D eigenvalue weighted by molar-refractivity contribution is 0.173. The minimum atomic E-state index is -3.53. The van der Waals surface area contributed by atoms with E-state index in [1.54, 1.807) is 4.90 Å². The fraction of sp³-hybridized carbons (Fsp3) is 0.667. The van der Waals surface area contributed by atoms with Crippen molar-refractivity contribution < 1.29 is 13.2 Å². The van der Waals surface area contributed by atoms with Gasteiger partial charge in [-0.25, -0.2) is 22.9 Å². The molecule has 10 nitrogen and oxygen atoms in total. The van der Waals surface area contributed by atoms with Gasteiger partial charge in [0.05, 0.1) is 18.3 Å². The third-order valence-electron chi connectivity index (χ3n) is 7.38. The molecule has 0 radical (unpaired) electrons. The van der Waals surface area contributed by atoms with Crippen LogP contribution < -0.4 is 10.0 Å². The zero-order valence-corrected chi connectivity index (χ0v) is 24.0. The summed E-state index contributed by atoms with van der Waals surface area (Å²) in [4.78, 5) is 21.2. The van der Waals surface area contributed by atoms with Gasteiger partial charge in [-0.15, -0.1) is 0 Å². The number of urea groups is 1. The maximum atomic E-state index is 13.0. The number of amides is 2. The van der Waals surface area contributed by atoms with Gasteiger partial charge in [-0.2, -0.15) is 5.10 Å². The van der Waals surface area contributed by atoms with Gasteiger partial charge in [0, 0.05) is 13.1 Å². The van der Waals surface area contributed by atoms with E-state index in [2.05, 4.69) is 44.0 Å². The standard InChI is InChI=1S/C27H45N7O3S/c1-4-34(5-2)19-12-20-38(36,37)32-24(18-17-22-13-8-6-9-14-22)26-29-25(30-31-26)21-28-27(35)33(3)23-15-10-7-11-16-23/h6,8-9,13-14,23-24,32H,4-5,7,10-12,15-21H2,1-3H3,(H,28,35)(H,29,30,31)/t24-/m1/s1. The molecular weight excluding hydrogens is 502 g/mol. The Balaban J connectivity index is 1.62. The maximum absolute atomic E-state index is 13.0. The molecule has 11 heteroatoms. The zero-order chi connectivity index (χ0) is 27.4. The molecule has 212 valence electrons. The number of aromatic nitrogens is 3. The van der Waals surface area contributed by atoms with Gasteiger partial charge in [0.15, 0.2) is 5.82 Å². The second-order valence-electron chi connectivity index (χ2n) is 10.1. The predicted octanol–water partition coefficient (Wildman–Crippen LogP) is 3.60. The van der Waals surface area contributed by atoms with Crippen LogP contribution in [0, 0.1) is 0 Å². The van der Waals surface area contributed by atoms with Crippen molar-refractivity contribution in [1.29, 1.82) is 0 Å². The normalized spacial score (nSPS) is 15.5. The van der Waals surface area contributed by atoms with Crippen LogP contribution in [-0.4, -0.2) is 77.9 Å². The Hall–Kier alpha value is -2.50. The number of nitrogens with one attached hydrogen (secondary N) is 3. The Bertz CT molecular complexity index is 1070. The number of sulfonamides is 1. The van der Waals surface area contributed by atoms with E-state index in [4.69, 9.17) is 0 Å².